The molecule has 9 aliphatic rings. The molecule has 9 rings (SSSR count). The number of hydrogen-bond donors (Lipinski definition) is 3. The minimum absolute atomic E-state index is 0.00108. The van der Waals surface area contributed by atoms with Crippen molar-refractivity contribution < 1.29 is 77.7 Å². The summed E-state index contributed by atoms with van der Waals surface area (Å²) in [5.41, 5.74) is -0.220. The monoisotopic (exact) mass is 838 g/mol. The summed E-state index contributed by atoms with van der Waals surface area (Å²) in [5.74, 6) is -20.0. The van der Waals surface area contributed by atoms with Crippen LogP contribution in [0.2, 0.25) is 0 Å². The number of aliphatic hydroxyl groups is 1. The third kappa shape index (κ3) is 6.07. The lowest BCUT2D eigenvalue weighted by atomic mass is 9.55. The molecule has 0 aromatic carbocycles. The smallest absolute Gasteiger partial charge is 0.318 e. The van der Waals surface area contributed by atoms with Gasteiger partial charge in [-0.25, -0.2) is 4.89 Å². The van der Waals surface area contributed by atoms with Gasteiger partial charge < -0.3 is 29.2 Å². The average molecular weight is 839 g/mol. The molecule has 3 saturated heterocycles. The van der Waals surface area contributed by atoms with Crippen molar-refractivity contribution in [2.45, 2.75) is 84.8 Å². The Bertz CT molecular complexity index is 1950. The Morgan fingerprint density at radius 3 is 1.85 bits per heavy atom. The van der Waals surface area contributed by atoms with Crippen LogP contribution in [0.3, 0.4) is 0 Å². The first-order valence-corrected chi connectivity index (χ1v) is 21.7. The lowest BCUT2D eigenvalue weighted by molar-refractivity contribution is -0.297. The van der Waals surface area contributed by atoms with Crippen molar-refractivity contribution in [3.63, 3.8) is 0 Å². The van der Waals surface area contributed by atoms with E-state index in [4.69, 9.17) is 23.8 Å². The molecule has 3 aliphatic heterocycles. The lowest BCUT2D eigenvalue weighted by Gasteiger charge is -2.44. The SMILES string of the molecule is CC1C(=O)OC(=O)C1C1C2CC(C(=O)O)C(C2)C1C1C(=O)OC(=O)C1C1C2=CC(C(=O)OC(C)(C)C)C(C2)C1C1C(=O)OC(=O)C1C1C2CC(C(CCO)OO)C(C2)C1C. The number of rotatable bonds is 11. The highest BCUT2D eigenvalue weighted by atomic mass is 17.1. The van der Waals surface area contributed by atoms with Crippen LogP contribution in [0.5, 0.6) is 0 Å². The van der Waals surface area contributed by atoms with Crippen LogP contribution in [0, 0.1) is 118 Å². The van der Waals surface area contributed by atoms with Crippen LogP contribution in [-0.2, 0) is 62.2 Å². The number of carbonyl (C=O) groups is 8. The first-order chi connectivity index (χ1) is 28.4. The van der Waals surface area contributed by atoms with Crippen LogP contribution < -0.4 is 0 Å². The lowest BCUT2D eigenvalue weighted by Crippen LogP contribution is -2.49. The summed E-state index contributed by atoms with van der Waals surface area (Å²) >= 11 is 0. The number of aliphatic carboxylic acids is 1. The number of ether oxygens (including phenoxy) is 4. The number of esters is 7. The van der Waals surface area contributed by atoms with Crippen molar-refractivity contribution in [2.24, 2.45) is 118 Å². The molecule has 0 aromatic rings. The summed E-state index contributed by atoms with van der Waals surface area (Å²) in [5, 5.41) is 29.8. The molecular weight excluding hydrogens is 784 g/mol. The van der Waals surface area contributed by atoms with Gasteiger partial charge in [0, 0.05) is 13.0 Å². The summed E-state index contributed by atoms with van der Waals surface area (Å²) in [6.07, 6.45) is 3.49. The van der Waals surface area contributed by atoms with Gasteiger partial charge in [-0.15, -0.1) is 0 Å². The molecule has 3 heterocycles. The Kier molecular flexibility index (Phi) is 10.0. The molecule has 21 unspecified atom stereocenters. The molecule has 8 fully saturated rings. The van der Waals surface area contributed by atoms with Gasteiger partial charge in [0.15, 0.2) is 0 Å². The highest BCUT2D eigenvalue weighted by Crippen LogP contribution is 2.68. The molecule has 3 N–H and O–H groups in total. The van der Waals surface area contributed by atoms with Crippen LogP contribution in [0.15, 0.2) is 11.6 Å². The summed E-state index contributed by atoms with van der Waals surface area (Å²) in [6, 6.07) is 0. The Morgan fingerprint density at radius 2 is 1.28 bits per heavy atom. The molecule has 0 spiro atoms. The van der Waals surface area contributed by atoms with Gasteiger partial charge in [-0.05, 0) is 124 Å². The summed E-state index contributed by atoms with van der Waals surface area (Å²) in [6.45, 7) is 8.60. The number of carboxylic acid groups (broad SMARTS) is 1. The molecule has 21 atom stereocenters. The zero-order valence-corrected chi connectivity index (χ0v) is 34.3. The van der Waals surface area contributed by atoms with Crippen molar-refractivity contribution in [2.75, 3.05) is 6.61 Å². The highest BCUT2D eigenvalue weighted by molar-refractivity contribution is 6.00. The Hall–Kier alpha value is -4.02. The molecule has 6 bridgehead atoms. The Labute approximate surface area is 346 Å². The molecule has 0 aromatic heterocycles. The van der Waals surface area contributed by atoms with Gasteiger partial charge in [-0.3, -0.25) is 43.6 Å². The number of allylic oxidation sites excluding steroid dienone is 1. The molecule has 60 heavy (non-hydrogen) atoms. The standard InChI is InChI=1S/C44H54O16/c1-14-19-8-16(9-20(19)25(60-55)6-7-45)26(14)32-34(42(53)57-40(32)51)31-22-11-18(13-24(22)38(49)59-44(3,4)5)29(31)33-35(43(54)58-41(33)52)30-21-10-17(12-23(21)36(46)47)28(30)27-15(2)37(48)56-39(27)50/h13-17,19-35,45,55H,6-12H2,1-5H3,(H,46,47). The van der Waals surface area contributed by atoms with Crippen molar-refractivity contribution >= 4 is 47.8 Å². The molecule has 326 valence electrons. The first kappa shape index (κ1) is 41.3. The largest absolute Gasteiger partial charge is 0.481 e. The van der Waals surface area contributed by atoms with E-state index in [1.54, 1.807) is 33.8 Å². The minimum atomic E-state index is -1.25. The van der Waals surface area contributed by atoms with Crippen molar-refractivity contribution in [1.82, 2.24) is 0 Å². The van der Waals surface area contributed by atoms with E-state index in [0.29, 0.717) is 24.8 Å². The number of carboxylic acids is 1. The summed E-state index contributed by atoms with van der Waals surface area (Å²) in [7, 11) is 0. The van der Waals surface area contributed by atoms with Gasteiger partial charge in [0.1, 0.15) is 5.60 Å². The highest BCUT2D eigenvalue weighted by Gasteiger charge is 2.72. The topological polar surface area (TPSA) is 243 Å². The third-order valence-corrected chi connectivity index (χ3v) is 17.0. The second kappa shape index (κ2) is 14.5. The fourth-order valence-corrected chi connectivity index (χ4v) is 15.3. The van der Waals surface area contributed by atoms with Gasteiger partial charge in [-0.1, -0.05) is 25.5 Å². The van der Waals surface area contributed by atoms with Crippen LogP contribution in [0.4, 0.5) is 0 Å². The summed E-state index contributed by atoms with van der Waals surface area (Å²) in [4.78, 5) is 115. The van der Waals surface area contributed by atoms with Gasteiger partial charge in [0.05, 0.1) is 53.4 Å². The zero-order chi connectivity index (χ0) is 43.0. The first-order valence-electron chi connectivity index (χ1n) is 21.7. The molecule has 6 aliphatic carbocycles. The fourth-order valence-electron chi connectivity index (χ4n) is 15.3. The van der Waals surface area contributed by atoms with Crippen LogP contribution in [-0.4, -0.2) is 81.5 Å². The van der Waals surface area contributed by atoms with Crippen LogP contribution in [0.1, 0.15) is 73.1 Å². The molecule has 16 nitrogen and oxygen atoms in total. The van der Waals surface area contributed by atoms with Crippen molar-refractivity contribution in [3.8, 4) is 0 Å². The second-order valence-electron chi connectivity index (χ2n) is 20.6. The maximum absolute atomic E-state index is 14.4. The van der Waals surface area contributed by atoms with E-state index in [9.17, 15) is 53.8 Å². The number of aliphatic hydroxyl groups excluding tert-OH is 1. The normalized spacial score (nSPS) is 47.0. The van der Waals surface area contributed by atoms with E-state index >= 15 is 0 Å². The zero-order valence-electron chi connectivity index (χ0n) is 34.3. The van der Waals surface area contributed by atoms with E-state index in [2.05, 4.69) is 0 Å². The van der Waals surface area contributed by atoms with Gasteiger partial charge in [0.2, 0.25) is 0 Å². The van der Waals surface area contributed by atoms with Gasteiger partial charge >= 0.3 is 47.8 Å². The number of carbonyl (C=O) groups excluding carboxylic acids is 7. The predicted molar refractivity (Wildman–Crippen MR) is 198 cm³/mol. The maximum Gasteiger partial charge on any atom is 0.318 e. The van der Waals surface area contributed by atoms with E-state index in [-0.39, 0.29) is 61.4 Å². The van der Waals surface area contributed by atoms with Gasteiger partial charge in [0.25, 0.3) is 0 Å². The second-order valence-corrected chi connectivity index (χ2v) is 20.6. The Morgan fingerprint density at radius 1 is 0.717 bits per heavy atom. The van der Waals surface area contributed by atoms with Crippen molar-refractivity contribution in [1.29, 1.82) is 0 Å². The molecule has 5 saturated carbocycles. The quantitative estimate of drug-likeness (QED) is 0.0676. The van der Waals surface area contributed by atoms with E-state index in [1.165, 1.54) is 0 Å². The number of cyclic esters (lactones) is 6. The van der Waals surface area contributed by atoms with Gasteiger partial charge in [-0.2, -0.15) is 0 Å². The third-order valence-electron chi connectivity index (χ3n) is 17.0. The summed E-state index contributed by atoms with van der Waals surface area (Å²) < 4.78 is 21.9. The fraction of sp³-hybridized carbons (Fsp3) is 0.773. The molecule has 16 heteroatoms. The van der Waals surface area contributed by atoms with E-state index < -0.39 is 142 Å². The number of fused-ring (bicyclic) bond motifs is 6. The molecule has 0 radical (unpaired) electrons. The van der Waals surface area contributed by atoms with E-state index in [1.807, 2.05) is 6.92 Å². The van der Waals surface area contributed by atoms with E-state index in [0.717, 1.165) is 0 Å². The number of hydrogen-bond acceptors (Lipinski definition) is 15. The molecule has 0 amide bonds. The maximum atomic E-state index is 14.4. The Balaban J connectivity index is 1.13. The van der Waals surface area contributed by atoms with Crippen LogP contribution >= 0.6 is 0 Å². The predicted octanol–water partition coefficient (Wildman–Crippen LogP) is 3.23. The molecular formula is C44H54O16. The minimum Gasteiger partial charge on any atom is -0.481 e. The van der Waals surface area contributed by atoms with Crippen LogP contribution in [0.25, 0.3) is 0 Å². The average Bonchev–Trinajstić information content (AvgIpc) is 4.04. The van der Waals surface area contributed by atoms with Crippen molar-refractivity contribution in [3.05, 3.63) is 11.6 Å².